The summed E-state index contributed by atoms with van der Waals surface area (Å²) >= 11 is 0. The topological polar surface area (TPSA) is 72.2 Å². The molecule has 1 unspecified atom stereocenters. The molecular weight excluding hydrogens is 959 g/mol. The van der Waals surface area contributed by atoms with E-state index in [1.165, 1.54) is 27.6 Å². The number of benzene rings is 9. The third-order valence-electron chi connectivity index (χ3n) is 15.7. The molecule has 5 aromatic heterocycles. The number of aromatic nitrogens is 5. The molecule has 8 heteroatoms. The van der Waals surface area contributed by atoms with Crippen LogP contribution >= 0.6 is 0 Å². The maximum Gasteiger partial charge on any atom is 0.144 e. The molecule has 14 aromatic rings. The minimum atomic E-state index is 0.0289. The highest BCUT2D eigenvalue weighted by molar-refractivity contribution is 6.16. The van der Waals surface area contributed by atoms with Gasteiger partial charge in [0.25, 0.3) is 0 Å². The zero-order valence-corrected chi connectivity index (χ0v) is 43.9. The molecule has 0 bridgehead atoms. The molecule has 0 aliphatic heterocycles. The van der Waals surface area contributed by atoms with Crippen molar-refractivity contribution in [1.82, 2.24) is 23.7 Å². The number of imidazole rings is 1. The molecule has 0 saturated heterocycles. The minimum absolute atomic E-state index is 0.0289. The molecule has 0 fully saturated rings. The molecule has 0 N–H and O–H groups in total. The van der Waals surface area contributed by atoms with Crippen LogP contribution in [0.1, 0.15) is 42.5 Å². The van der Waals surface area contributed by atoms with Crippen molar-refractivity contribution < 1.29 is 13.9 Å². The molecule has 9 aromatic carbocycles. The van der Waals surface area contributed by atoms with Gasteiger partial charge in [-0.1, -0.05) is 140 Å². The predicted octanol–water partition coefficient (Wildman–Crippen LogP) is 17.9. The molecule has 5 heterocycles. The van der Waals surface area contributed by atoms with E-state index in [2.05, 4.69) is 241 Å². The lowest BCUT2D eigenvalue weighted by molar-refractivity contribution is 0.108. The molecular formula is C70H55N5O3. The Labute approximate surface area is 452 Å². The van der Waals surface area contributed by atoms with E-state index in [1.807, 2.05) is 24.8 Å². The largest absolute Gasteiger partial charge is 0.491 e. The van der Waals surface area contributed by atoms with E-state index >= 15 is 0 Å². The first-order valence-corrected chi connectivity index (χ1v) is 26.9. The van der Waals surface area contributed by atoms with Gasteiger partial charge in [0.15, 0.2) is 0 Å². The molecule has 0 aliphatic rings. The average molecular weight is 1010 g/mol. The van der Waals surface area contributed by atoms with Crippen molar-refractivity contribution in [3.63, 3.8) is 0 Å². The lowest BCUT2D eigenvalue weighted by Crippen LogP contribution is -2.09. The van der Waals surface area contributed by atoms with E-state index in [0.29, 0.717) is 13.2 Å². The highest BCUT2D eigenvalue weighted by atomic mass is 16.5. The van der Waals surface area contributed by atoms with Crippen molar-refractivity contribution in [1.29, 1.82) is 0 Å². The van der Waals surface area contributed by atoms with Crippen LogP contribution in [0.3, 0.4) is 0 Å². The minimum Gasteiger partial charge on any atom is -0.491 e. The molecule has 14 rings (SSSR count). The summed E-state index contributed by atoms with van der Waals surface area (Å²) in [6.45, 7) is 9.51. The fraction of sp³-hybridized carbons (Fsp3) is 0.114. The maximum atomic E-state index is 7.29. The first-order valence-electron chi connectivity index (χ1n) is 26.9. The Morgan fingerprint density at radius 2 is 1.24 bits per heavy atom. The van der Waals surface area contributed by atoms with Crippen LogP contribution in [0.2, 0.25) is 0 Å². The van der Waals surface area contributed by atoms with Crippen molar-refractivity contribution in [3.05, 3.63) is 241 Å². The van der Waals surface area contributed by atoms with E-state index in [1.54, 1.807) is 0 Å². The summed E-state index contributed by atoms with van der Waals surface area (Å²) in [5, 5.41) is 6.59. The number of hydrogen-bond donors (Lipinski definition) is 0. The molecule has 0 aliphatic carbocycles. The number of hydrogen-bond acceptors (Lipinski definition) is 5. The monoisotopic (exact) mass is 1010 g/mol. The summed E-state index contributed by atoms with van der Waals surface area (Å²) in [6.07, 6.45) is 8.67. The van der Waals surface area contributed by atoms with Gasteiger partial charge < -0.3 is 23.0 Å². The van der Waals surface area contributed by atoms with Crippen LogP contribution in [-0.4, -0.2) is 29.8 Å². The van der Waals surface area contributed by atoms with Gasteiger partial charge in [-0.3, -0.25) is 9.55 Å². The number of pyridine rings is 1. The SMILES string of the molecule is CCC(C)Oc1cc(-c2ccc3c(c2)c2cnccc2n3-c2ccccc2)c2oc3c(-c4ccccc4-n4c5ccccc5c5c(COCc6ccc(-c7nccn7-c7c(C)cccc7C)cc6)cccc54)cccc3c2c1. The molecule has 0 amide bonds. The number of rotatable bonds is 13. The number of para-hydroxylation sites is 5. The van der Waals surface area contributed by atoms with Crippen molar-refractivity contribution >= 4 is 65.6 Å². The van der Waals surface area contributed by atoms with Gasteiger partial charge in [-0.2, -0.15) is 0 Å². The first-order chi connectivity index (χ1) is 38.4. The quantitative estimate of drug-likeness (QED) is 0.115. The van der Waals surface area contributed by atoms with Crippen molar-refractivity contribution in [2.45, 2.75) is 53.4 Å². The van der Waals surface area contributed by atoms with Crippen LogP contribution in [0.25, 0.3) is 116 Å². The van der Waals surface area contributed by atoms with E-state index < -0.39 is 0 Å². The Balaban J connectivity index is 0.838. The summed E-state index contributed by atoms with van der Waals surface area (Å²) in [6, 6.07) is 69.2. The standard InChI is InChI=1S/C70H55N5O3/c1-5-46(4)77-52-39-57(49-32-33-63-58(38-49)60-41-71-35-34-64(60)74(63)51-19-7-6-8-20-51)69-59(40-52)55-24-15-23-54(68(55)78-69)53-21-9-11-25-61(53)75-62-26-12-10-22-56(62)66-50(18-14-27-65(66)75)43-76-42-47-28-30-48(31-29-47)70-72-36-37-73(70)67-44(2)16-13-17-45(67)3/h6-41,46H,5,42-43H2,1-4H3. The van der Waals surface area contributed by atoms with Gasteiger partial charge in [-0.05, 0) is 116 Å². The molecule has 0 saturated carbocycles. The molecule has 8 nitrogen and oxygen atoms in total. The zero-order chi connectivity index (χ0) is 52.4. The van der Waals surface area contributed by atoms with Crippen molar-refractivity contribution in [3.8, 4) is 56.5 Å². The van der Waals surface area contributed by atoms with Gasteiger partial charge >= 0.3 is 0 Å². The lowest BCUT2D eigenvalue weighted by Gasteiger charge is -2.14. The van der Waals surface area contributed by atoms with Crippen molar-refractivity contribution in [2.75, 3.05) is 0 Å². The summed E-state index contributed by atoms with van der Waals surface area (Å²) in [5.41, 5.74) is 19.2. The molecule has 0 spiro atoms. The Bertz CT molecular complexity index is 4580. The van der Waals surface area contributed by atoms with Gasteiger partial charge in [0.2, 0.25) is 0 Å². The van der Waals surface area contributed by atoms with Gasteiger partial charge in [-0.25, -0.2) is 4.98 Å². The van der Waals surface area contributed by atoms with E-state index in [4.69, 9.17) is 18.9 Å². The van der Waals surface area contributed by atoms with Gasteiger partial charge in [0.05, 0.1) is 52.8 Å². The zero-order valence-electron chi connectivity index (χ0n) is 43.9. The van der Waals surface area contributed by atoms with E-state index in [-0.39, 0.29) is 6.10 Å². The number of furan rings is 1. The highest BCUT2D eigenvalue weighted by Crippen LogP contribution is 2.46. The Hall–Kier alpha value is -9.50. The van der Waals surface area contributed by atoms with E-state index in [0.717, 1.165) is 123 Å². The van der Waals surface area contributed by atoms with Crippen LogP contribution in [0.15, 0.2) is 223 Å². The second-order valence-corrected chi connectivity index (χ2v) is 20.5. The number of fused-ring (bicyclic) bond motifs is 9. The molecule has 0 radical (unpaired) electrons. The van der Waals surface area contributed by atoms with E-state index in [9.17, 15) is 0 Å². The molecule has 1 atom stereocenters. The second kappa shape index (κ2) is 19.3. The highest BCUT2D eigenvalue weighted by Gasteiger charge is 2.24. The molecule has 78 heavy (non-hydrogen) atoms. The first kappa shape index (κ1) is 47.0. The predicted molar refractivity (Wildman–Crippen MR) is 318 cm³/mol. The van der Waals surface area contributed by atoms with Crippen LogP contribution in [0, 0.1) is 13.8 Å². The summed E-state index contributed by atoms with van der Waals surface area (Å²) < 4.78 is 27.4. The Morgan fingerprint density at radius 1 is 0.538 bits per heavy atom. The smallest absolute Gasteiger partial charge is 0.144 e. The fourth-order valence-corrected chi connectivity index (χ4v) is 11.9. The van der Waals surface area contributed by atoms with Crippen LogP contribution < -0.4 is 4.74 Å². The van der Waals surface area contributed by atoms with Gasteiger partial charge in [0.1, 0.15) is 22.7 Å². The normalized spacial score (nSPS) is 12.3. The summed E-state index contributed by atoms with van der Waals surface area (Å²) in [4.78, 5) is 9.36. The second-order valence-electron chi connectivity index (χ2n) is 20.5. The Kier molecular flexibility index (Phi) is 11.6. The Morgan fingerprint density at radius 3 is 2.10 bits per heavy atom. The van der Waals surface area contributed by atoms with Crippen molar-refractivity contribution in [2.24, 2.45) is 0 Å². The van der Waals surface area contributed by atoms with Crippen LogP contribution in [-0.2, 0) is 18.0 Å². The summed E-state index contributed by atoms with van der Waals surface area (Å²) in [5.74, 6) is 1.73. The third kappa shape index (κ3) is 7.86. The lowest BCUT2D eigenvalue weighted by atomic mass is 9.98. The maximum absolute atomic E-state index is 7.29. The van der Waals surface area contributed by atoms with Gasteiger partial charge in [0, 0.05) is 85.0 Å². The molecule has 378 valence electrons. The average Bonchev–Trinajstić information content (AvgIpc) is 4.44. The number of aryl methyl sites for hydroxylation is 2. The fourth-order valence-electron chi connectivity index (χ4n) is 11.9. The number of nitrogens with zero attached hydrogens (tertiary/aromatic N) is 5. The summed E-state index contributed by atoms with van der Waals surface area (Å²) in [7, 11) is 0. The van der Waals surface area contributed by atoms with Crippen LogP contribution in [0.5, 0.6) is 5.75 Å². The van der Waals surface area contributed by atoms with Gasteiger partial charge in [-0.15, -0.1) is 0 Å². The third-order valence-corrected chi connectivity index (χ3v) is 15.7. The number of ether oxygens (including phenoxy) is 2. The van der Waals surface area contributed by atoms with Crippen LogP contribution in [0.4, 0.5) is 0 Å².